The summed E-state index contributed by atoms with van der Waals surface area (Å²) < 4.78 is 0. The summed E-state index contributed by atoms with van der Waals surface area (Å²) in [4.78, 5) is 2.57. The van der Waals surface area contributed by atoms with Crippen molar-refractivity contribution in [2.45, 2.75) is 62.8 Å². The van der Waals surface area contributed by atoms with Crippen molar-refractivity contribution in [2.24, 2.45) is 0 Å². The highest BCUT2D eigenvalue weighted by Crippen LogP contribution is 2.38. The number of nitrogens with one attached hydrogen (secondary N) is 1. The van der Waals surface area contributed by atoms with Crippen LogP contribution in [0.4, 0.5) is 0 Å². The Hall–Kier alpha value is -1.37. The van der Waals surface area contributed by atoms with Crippen LogP contribution < -0.4 is 5.32 Å². The first-order valence-corrected chi connectivity index (χ1v) is 7.78. The van der Waals surface area contributed by atoms with Gasteiger partial charge in [-0.3, -0.25) is 10.2 Å². The summed E-state index contributed by atoms with van der Waals surface area (Å²) in [6.07, 6.45) is 5.67. The van der Waals surface area contributed by atoms with Crippen molar-refractivity contribution in [1.29, 1.82) is 5.26 Å². The van der Waals surface area contributed by atoms with Crippen LogP contribution in [-0.4, -0.2) is 22.5 Å². The Morgan fingerprint density at radius 2 is 1.85 bits per heavy atom. The number of nitrogens with zero attached hydrogens (tertiary/aromatic N) is 2. The quantitative estimate of drug-likeness (QED) is 0.915. The molecule has 2 atom stereocenters. The molecule has 1 N–H and O–H groups in total. The average molecular weight is 267 g/mol. The van der Waals surface area contributed by atoms with Crippen LogP contribution in [0, 0.1) is 11.3 Å². The minimum absolute atomic E-state index is 0.249. The minimum atomic E-state index is -0.249. The van der Waals surface area contributed by atoms with Crippen LogP contribution in [0.3, 0.4) is 0 Å². The van der Waals surface area contributed by atoms with E-state index in [2.05, 4.69) is 40.6 Å². The molecule has 2 fully saturated rings. The lowest BCUT2D eigenvalue weighted by Crippen LogP contribution is -2.44. The molecule has 0 spiro atoms. The number of rotatable bonds is 3. The van der Waals surface area contributed by atoms with Crippen LogP contribution in [0.1, 0.15) is 43.2 Å². The summed E-state index contributed by atoms with van der Waals surface area (Å²) in [7, 11) is 0. The van der Waals surface area contributed by atoms with Gasteiger partial charge in [-0.05, 0) is 43.2 Å². The predicted molar refractivity (Wildman–Crippen MR) is 77.8 cm³/mol. The van der Waals surface area contributed by atoms with Crippen molar-refractivity contribution in [3.05, 3.63) is 35.4 Å². The maximum atomic E-state index is 9.60. The monoisotopic (exact) mass is 267 g/mol. The van der Waals surface area contributed by atoms with Gasteiger partial charge in [0.2, 0.25) is 0 Å². The molecular weight excluding hydrogens is 246 g/mol. The fourth-order valence-corrected chi connectivity index (χ4v) is 3.83. The van der Waals surface area contributed by atoms with Gasteiger partial charge in [0.15, 0.2) is 0 Å². The van der Waals surface area contributed by atoms with Gasteiger partial charge >= 0.3 is 0 Å². The smallest absolute Gasteiger partial charge is 0.108 e. The molecule has 0 bridgehead atoms. The Morgan fingerprint density at radius 3 is 2.45 bits per heavy atom. The zero-order valence-electron chi connectivity index (χ0n) is 11.8. The first-order chi connectivity index (χ1) is 9.78. The topological polar surface area (TPSA) is 39.1 Å². The van der Waals surface area contributed by atoms with E-state index in [9.17, 15) is 5.26 Å². The van der Waals surface area contributed by atoms with Gasteiger partial charge in [0.25, 0.3) is 0 Å². The van der Waals surface area contributed by atoms with Crippen LogP contribution >= 0.6 is 0 Å². The van der Waals surface area contributed by atoms with Gasteiger partial charge in [0, 0.05) is 25.2 Å². The van der Waals surface area contributed by atoms with E-state index in [1.54, 1.807) is 0 Å². The van der Waals surface area contributed by atoms with E-state index in [1.165, 1.54) is 24.0 Å². The highest BCUT2D eigenvalue weighted by Gasteiger charge is 2.45. The zero-order chi connectivity index (χ0) is 13.6. The Balaban J connectivity index is 1.45. The molecule has 0 amide bonds. The predicted octanol–water partition coefficient (Wildman–Crippen LogP) is 2.57. The molecule has 0 aromatic heterocycles. The molecule has 2 unspecified atom stereocenters. The first-order valence-electron chi connectivity index (χ1n) is 7.78. The lowest BCUT2D eigenvalue weighted by Gasteiger charge is -2.26. The van der Waals surface area contributed by atoms with Crippen molar-refractivity contribution < 1.29 is 0 Å². The van der Waals surface area contributed by atoms with Crippen molar-refractivity contribution in [3.63, 3.8) is 0 Å². The van der Waals surface area contributed by atoms with E-state index in [1.807, 2.05) is 0 Å². The molecule has 3 aliphatic rings. The maximum Gasteiger partial charge on any atom is 0.108 e. The summed E-state index contributed by atoms with van der Waals surface area (Å²) in [6.45, 7) is 2.12. The number of hydrogen-bond acceptors (Lipinski definition) is 3. The molecule has 104 valence electrons. The summed E-state index contributed by atoms with van der Waals surface area (Å²) in [5.74, 6) is 0. The normalized spacial score (nSPS) is 33.0. The largest absolute Gasteiger partial charge is 0.297 e. The third kappa shape index (κ3) is 2.13. The summed E-state index contributed by atoms with van der Waals surface area (Å²) in [5, 5.41) is 13.2. The van der Waals surface area contributed by atoms with Gasteiger partial charge in [-0.1, -0.05) is 24.3 Å². The first kappa shape index (κ1) is 12.4. The van der Waals surface area contributed by atoms with Crippen LogP contribution in [-0.2, 0) is 13.1 Å². The zero-order valence-corrected chi connectivity index (χ0v) is 11.8. The van der Waals surface area contributed by atoms with Crippen LogP contribution in [0.15, 0.2) is 24.3 Å². The molecule has 0 saturated heterocycles. The molecule has 1 aliphatic heterocycles. The molecule has 20 heavy (non-hydrogen) atoms. The Kier molecular flexibility index (Phi) is 2.83. The third-order valence-corrected chi connectivity index (χ3v) is 5.14. The number of hydrogen-bond donors (Lipinski definition) is 1. The molecule has 3 heteroatoms. The lowest BCUT2D eigenvalue weighted by molar-refractivity contribution is 0.194. The summed E-state index contributed by atoms with van der Waals surface area (Å²) >= 11 is 0. The van der Waals surface area contributed by atoms with E-state index in [-0.39, 0.29) is 5.54 Å². The molecule has 2 saturated carbocycles. The fourth-order valence-electron chi connectivity index (χ4n) is 3.83. The third-order valence-electron chi connectivity index (χ3n) is 5.14. The van der Waals surface area contributed by atoms with Gasteiger partial charge in [0.05, 0.1) is 6.07 Å². The van der Waals surface area contributed by atoms with E-state index in [0.717, 1.165) is 32.4 Å². The SMILES string of the molecule is N#CC1(NC2CC2)CCC(N2Cc3ccccc3C2)C1. The van der Waals surface area contributed by atoms with Crippen molar-refractivity contribution in [3.8, 4) is 6.07 Å². The number of nitriles is 1. The van der Waals surface area contributed by atoms with E-state index < -0.39 is 0 Å². The molecule has 1 aromatic carbocycles. The molecule has 1 aromatic rings. The molecule has 3 nitrogen and oxygen atoms in total. The molecule has 1 heterocycles. The van der Waals surface area contributed by atoms with Gasteiger partial charge in [-0.15, -0.1) is 0 Å². The van der Waals surface area contributed by atoms with Gasteiger partial charge in [0.1, 0.15) is 5.54 Å². The van der Waals surface area contributed by atoms with Gasteiger partial charge in [-0.2, -0.15) is 5.26 Å². The second-order valence-electron chi connectivity index (χ2n) is 6.68. The molecule has 0 radical (unpaired) electrons. The van der Waals surface area contributed by atoms with Crippen LogP contribution in [0.5, 0.6) is 0 Å². The highest BCUT2D eigenvalue weighted by atomic mass is 15.2. The van der Waals surface area contributed by atoms with Crippen molar-refractivity contribution in [1.82, 2.24) is 10.2 Å². The van der Waals surface area contributed by atoms with E-state index >= 15 is 0 Å². The van der Waals surface area contributed by atoms with Crippen LogP contribution in [0.2, 0.25) is 0 Å². The maximum absolute atomic E-state index is 9.60. The highest BCUT2D eigenvalue weighted by molar-refractivity contribution is 5.31. The average Bonchev–Trinajstić information content (AvgIpc) is 3.03. The number of fused-ring (bicyclic) bond motifs is 1. The molecule has 2 aliphatic carbocycles. The fraction of sp³-hybridized carbons (Fsp3) is 0.588. The lowest BCUT2D eigenvalue weighted by atomic mass is 9.99. The van der Waals surface area contributed by atoms with Crippen molar-refractivity contribution >= 4 is 0 Å². The van der Waals surface area contributed by atoms with Gasteiger partial charge in [-0.25, -0.2) is 0 Å². The van der Waals surface area contributed by atoms with Gasteiger partial charge < -0.3 is 0 Å². The van der Waals surface area contributed by atoms with Crippen LogP contribution in [0.25, 0.3) is 0 Å². The van der Waals surface area contributed by atoms with E-state index in [4.69, 9.17) is 0 Å². The van der Waals surface area contributed by atoms with Crippen molar-refractivity contribution in [2.75, 3.05) is 0 Å². The molecule has 4 rings (SSSR count). The Morgan fingerprint density at radius 1 is 1.15 bits per heavy atom. The van der Waals surface area contributed by atoms with E-state index in [0.29, 0.717) is 12.1 Å². The summed E-state index contributed by atoms with van der Waals surface area (Å²) in [6, 6.07) is 12.5. The molecular formula is C17H21N3. The second kappa shape index (κ2) is 4.58. The standard InChI is InChI=1S/C17H21N3/c18-12-17(19-15-5-6-15)8-7-16(9-17)20-10-13-3-1-2-4-14(13)11-20/h1-4,15-16,19H,5-11H2. The second-order valence-corrected chi connectivity index (χ2v) is 6.68. The Labute approximate surface area is 120 Å². The Bertz CT molecular complexity index is 533. The minimum Gasteiger partial charge on any atom is -0.297 e. The summed E-state index contributed by atoms with van der Waals surface area (Å²) in [5.41, 5.74) is 2.69. The number of benzene rings is 1.